The van der Waals surface area contributed by atoms with E-state index in [9.17, 15) is 13.6 Å². The van der Waals surface area contributed by atoms with E-state index in [1.165, 1.54) is 4.90 Å². The minimum absolute atomic E-state index is 0.0223. The van der Waals surface area contributed by atoms with Crippen molar-refractivity contribution in [2.75, 3.05) is 13.6 Å². The molecule has 98 valence electrons. The van der Waals surface area contributed by atoms with E-state index in [0.29, 0.717) is 12.5 Å². The van der Waals surface area contributed by atoms with Crippen LogP contribution in [0.4, 0.5) is 8.78 Å². The lowest BCUT2D eigenvalue weighted by molar-refractivity contribution is 0.0717. The van der Waals surface area contributed by atoms with Gasteiger partial charge < -0.3 is 10.6 Å². The number of likely N-dealkylation sites (N-methyl/N-ethyl adjacent to an activating group) is 1. The van der Waals surface area contributed by atoms with Crippen molar-refractivity contribution in [1.29, 1.82) is 0 Å². The van der Waals surface area contributed by atoms with Crippen LogP contribution in [0.3, 0.4) is 0 Å². The highest BCUT2D eigenvalue weighted by molar-refractivity contribution is 5.94. The summed E-state index contributed by atoms with van der Waals surface area (Å²) in [5, 5.41) is 0. The minimum atomic E-state index is -0.748. The second kappa shape index (κ2) is 5.02. The molecule has 0 bridgehead atoms. The second-order valence-electron chi connectivity index (χ2n) is 4.71. The molecule has 0 aromatic heterocycles. The molecule has 3 nitrogen and oxygen atoms in total. The number of carbonyl (C=O) groups is 1. The molecule has 5 heteroatoms. The number of amides is 1. The van der Waals surface area contributed by atoms with Gasteiger partial charge in [0.25, 0.3) is 5.91 Å². The van der Waals surface area contributed by atoms with Gasteiger partial charge in [-0.15, -0.1) is 0 Å². The van der Waals surface area contributed by atoms with Crippen LogP contribution in [0.1, 0.15) is 23.2 Å². The van der Waals surface area contributed by atoms with E-state index in [0.717, 1.165) is 31.0 Å². The molecule has 0 radical (unpaired) electrons. The summed E-state index contributed by atoms with van der Waals surface area (Å²) >= 11 is 0. The molecule has 0 heterocycles. The summed E-state index contributed by atoms with van der Waals surface area (Å²) in [5.74, 6) is -1.47. The van der Waals surface area contributed by atoms with Crippen LogP contribution >= 0.6 is 0 Å². The molecule has 1 unspecified atom stereocenters. The van der Waals surface area contributed by atoms with Crippen LogP contribution in [-0.2, 0) is 0 Å². The predicted molar refractivity (Wildman–Crippen MR) is 64.0 cm³/mol. The third-order valence-electron chi connectivity index (χ3n) is 3.33. The van der Waals surface area contributed by atoms with E-state index in [2.05, 4.69) is 0 Å². The molecular formula is C13H16F2N2O. The molecule has 0 saturated heterocycles. The van der Waals surface area contributed by atoms with Crippen molar-refractivity contribution in [3.63, 3.8) is 0 Å². The Balaban J connectivity index is 2.18. The topological polar surface area (TPSA) is 46.3 Å². The fourth-order valence-electron chi connectivity index (χ4n) is 2.18. The number of halogens is 2. The van der Waals surface area contributed by atoms with Crippen molar-refractivity contribution in [3.05, 3.63) is 35.4 Å². The SMILES string of the molecule is CN(C(=O)c1cc(F)cc(F)c1)C(CN)C1CC1. The van der Waals surface area contributed by atoms with Crippen LogP contribution in [0, 0.1) is 17.6 Å². The zero-order valence-electron chi connectivity index (χ0n) is 10.2. The Hall–Kier alpha value is -1.49. The molecule has 1 aliphatic rings. The fourth-order valence-corrected chi connectivity index (χ4v) is 2.18. The largest absolute Gasteiger partial charge is 0.337 e. The van der Waals surface area contributed by atoms with Crippen molar-refractivity contribution in [2.24, 2.45) is 11.7 Å². The van der Waals surface area contributed by atoms with Crippen molar-refractivity contribution in [3.8, 4) is 0 Å². The second-order valence-corrected chi connectivity index (χ2v) is 4.71. The van der Waals surface area contributed by atoms with Crippen LogP contribution < -0.4 is 5.73 Å². The monoisotopic (exact) mass is 254 g/mol. The highest BCUT2D eigenvalue weighted by atomic mass is 19.1. The summed E-state index contributed by atoms with van der Waals surface area (Å²) in [6, 6.07) is 2.78. The van der Waals surface area contributed by atoms with Crippen molar-refractivity contribution in [2.45, 2.75) is 18.9 Å². The average molecular weight is 254 g/mol. The standard InChI is InChI=1S/C13H16F2N2O/c1-17(12(7-16)8-2-3-8)13(18)9-4-10(14)6-11(15)5-9/h4-6,8,12H,2-3,7,16H2,1H3. The number of rotatable bonds is 4. The van der Waals surface area contributed by atoms with Gasteiger partial charge in [0.1, 0.15) is 11.6 Å². The Morgan fingerprint density at radius 1 is 1.39 bits per heavy atom. The van der Waals surface area contributed by atoms with Gasteiger partial charge in [-0.05, 0) is 30.9 Å². The first-order valence-electron chi connectivity index (χ1n) is 5.96. The number of nitrogens with two attached hydrogens (primary N) is 1. The molecule has 0 aliphatic heterocycles. The molecule has 1 aromatic carbocycles. The number of carbonyl (C=O) groups excluding carboxylic acids is 1. The van der Waals surface area contributed by atoms with Gasteiger partial charge in [-0.3, -0.25) is 4.79 Å². The summed E-state index contributed by atoms with van der Waals surface area (Å²) < 4.78 is 26.1. The van der Waals surface area contributed by atoms with Gasteiger partial charge in [-0.25, -0.2) is 8.78 Å². The van der Waals surface area contributed by atoms with Crippen molar-refractivity contribution >= 4 is 5.91 Å². The maximum Gasteiger partial charge on any atom is 0.254 e. The first-order valence-corrected chi connectivity index (χ1v) is 5.96. The van der Waals surface area contributed by atoms with Crippen LogP contribution in [0.2, 0.25) is 0 Å². The highest BCUT2D eigenvalue weighted by Gasteiger charge is 2.35. The molecule has 1 aromatic rings. The van der Waals surface area contributed by atoms with Crippen LogP contribution in [-0.4, -0.2) is 30.4 Å². The van der Waals surface area contributed by atoms with Gasteiger partial charge in [-0.2, -0.15) is 0 Å². The molecule has 1 saturated carbocycles. The van der Waals surface area contributed by atoms with Gasteiger partial charge >= 0.3 is 0 Å². The van der Waals surface area contributed by atoms with E-state index in [-0.39, 0.29) is 11.6 Å². The molecule has 2 rings (SSSR count). The zero-order valence-corrected chi connectivity index (χ0v) is 10.2. The minimum Gasteiger partial charge on any atom is -0.337 e. The predicted octanol–water partition coefficient (Wildman–Crippen LogP) is 1.77. The van der Waals surface area contributed by atoms with E-state index in [1.54, 1.807) is 7.05 Å². The number of hydrogen-bond donors (Lipinski definition) is 1. The highest BCUT2D eigenvalue weighted by Crippen LogP contribution is 2.34. The van der Waals surface area contributed by atoms with E-state index in [4.69, 9.17) is 5.73 Å². The summed E-state index contributed by atoms with van der Waals surface area (Å²) in [6.45, 7) is 0.366. The van der Waals surface area contributed by atoms with Crippen LogP contribution in [0.25, 0.3) is 0 Å². The summed E-state index contributed by atoms with van der Waals surface area (Å²) in [4.78, 5) is 13.6. The third kappa shape index (κ3) is 2.67. The number of nitrogens with zero attached hydrogens (tertiary/aromatic N) is 1. The Kier molecular flexibility index (Phi) is 3.61. The maximum atomic E-state index is 13.1. The quantitative estimate of drug-likeness (QED) is 0.890. The third-order valence-corrected chi connectivity index (χ3v) is 3.33. The molecule has 0 spiro atoms. The summed E-state index contributed by atoms with van der Waals surface area (Å²) in [6.07, 6.45) is 2.11. The Labute approximate surface area is 105 Å². The van der Waals surface area contributed by atoms with Gasteiger partial charge in [0.2, 0.25) is 0 Å². The Morgan fingerprint density at radius 3 is 2.39 bits per heavy atom. The van der Waals surface area contributed by atoms with Crippen LogP contribution in [0.15, 0.2) is 18.2 Å². The van der Waals surface area contributed by atoms with Crippen LogP contribution in [0.5, 0.6) is 0 Å². The van der Waals surface area contributed by atoms with Crippen molar-refractivity contribution in [1.82, 2.24) is 4.90 Å². The molecule has 1 aliphatic carbocycles. The lowest BCUT2D eigenvalue weighted by Gasteiger charge is -2.27. The molecule has 18 heavy (non-hydrogen) atoms. The van der Waals surface area contributed by atoms with Gasteiger partial charge in [-0.1, -0.05) is 0 Å². The van der Waals surface area contributed by atoms with E-state index < -0.39 is 17.5 Å². The van der Waals surface area contributed by atoms with E-state index in [1.807, 2.05) is 0 Å². The average Bonchev–Trinajstić information content (AvgIpc) is 3.12. The van der Waals surface area contributed by atoms with E-state index >= 15 is 0 Å². The molecule has 1 atom stereocenters. The fraction of sp³-hybridized carbons (Fsp3) is 0.462. The number of benzene rings is 1. The van der Waals surface area contributed by atoms with Gasteiger partial charge in [0.15, 0.2) is 0 Å². The lowest BCUT2D eigenvalue weighted by Crippen LogP contribution is -2.43. The molecule has 2 N–H and O–H groups in total. The smallest absolute Gasteiger partial charge is 0.254 e. The Morgan fingerprint density at radius 2 is 1.94 bits per heavy atom. The Bertz CT molecular complexity index is 440. The first-order chi connectivity index (χ1) is 8.52. The summed E-state index contributed by atoms with van der Waals surface area (Å²) in [5.41, 5.74) is 5.67. The first kappa shape index (κ1) is 13.0. The zero-order chi connectivity index (χ0) is 13.3. The molecular weight excluding hydrogens is 238 g/mol. The number of hydrogen-bond acceptors (Lipinski definition) is 2. The van der Waals surface area contributed by atoms with Crippen molar-refractivity contribution < 1.29 is 13.6 Å². The normalized spacial score (nSPS) is 16.4. The van der Waals surface area contributed by atoms with Gasteiger partial charge in [0, 0.05) is 31.3 Å². The summed E-state index contributed by atoms with van der Waals surface area (Å²) in [7, 11) is 1.63. The molecule has 1 fully saturated rings. The lowest BCUT2D eigenvalue weighted by atomic mass is 10.1. The maximum absolute atomic E-state index is 13.1. The van der Waals surface area contributed by atoms with Gasteiger partial charge in [0.05, 0.1) is 0 Å². The molecule has 1 amide bonds.